The largest absolute Gasteiger partial charge is 0.348 e. The van der Waals surface area contributed by atoms with E-state index in [1.165, 1.54) is 18.2 Å². The summed E-state index contributed by atoms with van der Waals surface area (Å²) in [6.45, 7) is 1.77. The molecule has 3 heterocycles. The van der Waals surface area contributed by atoms with Crippen LogP contribution in [0.2, 0.25) is 0 Å². The topological polar surface area (TPSA) is 110 Å². The van der Waals surface area contributed by atoms with E-state index in [0.29, 0.717) is 19.6 Å². The Morgan fingerprint density at radius 2 is 1.88 bits per heavy atom. The minimum atomic E-state index is -1.97. The van der Waals surface area contributed by atoms with Gasteiger partial charge in [-0.15, -0.1) is 0 Å². The van der Waals surface area contributed by atoms with Gasteiger partial charge < -0.3 is 20.1 Å². The van der Waals surface area contributed by atoms with Gasteiger partial charge >= 0.3 is 0 Å². The van der Waals surface area contributed by atoms with Crippen molar-refractivity contribution in [3.05, 3.63) is 74.2 Å². The van der Waals surface area contributed by atoms with Crippen molar-refractivity contribution in [2.45, 2.75) is 28.8 Å². The number of piperidine rings is 1. The van der Waals surface area contributed by atoms with Crippen LogP contribution in [0.15, 0.2) is 47.3 Å². The molecule has 34 heavy (non-hydrogen) atoms. The number of nitrogens with zero attached hydrogens (tertiary/aromatic N) is 3. The number of hydrogen-bond donors (Lipinski definition) is 2. The van der Waals surface area contributed by atoms with Crippen molar-refractivity contribution in [3.8, 4) is 0 Å². The maximum atomic E-state index is 12.7. The molecule has 0 saturated carbocycles. The van der Waals surface area contributed by atoms with Crippen LogP contribution in [0.25, 0.3) is 0 Å². The summed E-state index contributed by atoms with van der Waals surface area (Å²) in [6, 6.07) is 10.5. The molecule has 2 N–H and O–H groups in total. The zero-order valence-electron chi connectivity index (χ0n) is 17.6. The smallest absolute Gasteiger partial charge is 0.270 e. The summed E-state index contributed by atoms with van der Waals surface area (Å²) in [7, 11) is 0. The highest BCUT2D eigenvalue weighted by Gasteiger charge is 2.39. The third-order valence-electron chi connectivity index (χ3n) is 5.96. The number of thiocarbonyl (C=S) groups is 1. The molecule has 9 nitrogen and oxygen atoms in total. The minimum Gasteiger partial charge on any atom is -0.348 e. The van der Waals surface area contributed by atoms with E-state index < -0.39 is 20.8 Å². The highest BCUT2D eigenvalue weighted by atomic mass is 35.6. The van der Waals surface area contributed by atoms with E-state index in [2.05, 4.69) is 10.6 Å². The van der Waals surface area contributed by atoms with Gasteiger partial charge in [0.05, 0.1) is 4.92 Å². The lowest BCUT2D eigenvalue weighted by molar-refractivity contribution is -0.384. The van der Waals surface area contributed by atoms with Gasteiger partial charge in [-0.05, 0) is 36.7 Å². The molecule has 1 fully saturated rings. The number of fused-ring (bicyclic) bond motifs is 4. The highest BCUT2D eigenvalue weighted by molar-refractivity contribution is 7.80. The molecule has 0 spiro atoms. The molecule has 1 amide bonds. The van der Waals surface area contributed by atoms with Gasteiger partial charge in [0, 0.05) is 55.0 Å². The van der Waals surface area contributed by atoms with E-state index in [4.69, 9.17) is 47.0 Å². The van der Waals surface area contributed by atoms with Crippen LogP contribution in [0, 0.1) is 16.0 Å². The Balaban J connectivity index is 1.47. The summed E-state index contributed by atoms with van der Waals surface area (Å²) in [5.41, 5.74) is 0.756. The van der Waals surface area contributed by atoms with Crippen LogP contribution < -0.4 is 16.2 Å². The van der Waals surface area contributed by atoms with E-state index >= 15 is 0 Å². The lowest BCUT2D eigenvalue weighted by Crippen LogP contribution is -2.60. The first-order chi connectivity index (χ1) is 16.0. The van der Waals surface area contributed by atoms with Gasteiger partial charge in [0.25, 0.3) is 17.2 Å². The van der Waals surface area contributed by atoms with Gasteiger partial charge in [0.2, 0.25) is 3.79 Å². The first-order valence-corrected chi connectivity index (χ1v) is 11.9. The normalized spacial score (nSPS) is 20.1. The number of non-ortho nitro benzene ring substituents is 1. The van der Waals surface area contributed by atoms with Crippen molar-refractivity contribution in [3.63, 3.8) is 0 Å². The molecule has 1 aromatic carbocycles. The quantitative estimate of drug-likeness (QED) is 0.200. The Labute approximate surface area is 215 Å². The van der Waals surface area contributed by atoms with E-state index in [1.54, 1.807) is 12.1 Å². The standard InChI is InChI=1S/C21H20Cl3N5O4S/c22-21(23,24)19(25-18(31)13-3-1-4-15(8-13)29(32)33)26-20(34)27-9-12-7-14(11-27)16-5-2-6-17(30)28(16)10-12/h1-6,8,12,14,19H,7,9-11H2,(H,25,31)(H,26,34). The molecule has 2 bridgehead atoms. The number of aromatic nitrogens is 1. The van der Waals surface area contributed by atoms with Crippen molar-refractivity contribution < 1.29 is 9.72 Å². The average molecular weight is 545 g/mol. The second-order valence-corrected chi connectivity index (χ2v) is 11.1. The molecule has 3 unspecified atom stereocenters. The van der Waals surface area contributed by atoms with Crippen LogP contribution in [0.1, 0.15) is 28.4 Å². The monoisotopic (exact) mass is 543 g/mol. The summed E-state index contributed by atoms with van der Waals surface area (Å²) < 4.78 is -0.151. The zero-order valence-corrected chi connectivity index (χ0v) is 20.7. The predicted octanol–water partition coefficient (Wildman–Crippen LogP) is 3.18. The van der Waals surface area contributed by atoms with Gasteiger partial charge in [0.15, 0.2) is 5.11 Å². The third kappa shape index (κ3) is 5.30. The molecule has 180 valence electrons. The van der Waals surface area contributed by atoms with E-state index in [-0.39, 0.29) is 33.8 Å². The Kier molecular flexibility index (Phi) is 7.04. The molecule has 1 aromatic heterocycles. The molecule has 2 aliphatic heterocycles. The van der Waals surface area contributed by atoms with Crippen LogP contribution in [-0.2, 0) is 6.54 Å². The summed E-state index contributed by atoms with van der Waals surface area (Å²) in [4.78, 5) is 37.3. The van der Waals surface area contributed by atoms with E-state index in [9.17, 15) is 19.7 Å². The van der Waals surface area contributed by atoms with Gasteiger partial charge in [-0.2, -0.15) is 0 Å². The number of alkyl halides is 3. The second kappa shape index (κ2) is 9.69. The van der Waals surface area contributed by atoms with Crippen LogP contribution in [0.3, 0.4) is 0 Å². The molecule has 0 aliphatic carbocycles. The fourth-order valence-corrected chi connectivity index (χ4v) is 5.05. The van der Waals surface area contributed by atoms with Crippen molar-refractivity contribution in [2.24, 2.45) is 5.92 Å². The first-order valence-electron chi connectivity index (χ1n) is 10.4. The van der Waals surface area contributed by atoms with Crippen molar-refractivity contribution in [2.75, 3.05) is 13.1 Å². The second-order valence-electron chi connectivity index (χ2n) is 8.31. The molecule has 13 heteroatoms. The maximum Gasteiger partial charge on any atom is 0.270 e. The fraction of sp³-hybridized carbons (Fsp3) is 0.381. The number of rotatable bonds is 4. The van der Waals surface area contributed by atoms with Gasteiger partial charge in [-0.25, -0.2) is 0 Å². The predicted molar refractivity (Wildman–Crippen MR) is 133 cm³/mol. The number of halogens is 3. The number of nitro benzene ring substituents is 1. The zero-order chi connectivity index (χ0) is 24.6. The highest BCUT2D eigenvalue weighted by Crippen LogP contribution is 2.35. The minimum absolute atomic E-state index is 0.0125. The maximum absolute atomic E-state index is 12.7. The number of likely N-dealkylation sites (tertiary alicyclic amines) is 1. The average Bonchev–Trinajstić information content (AvgIpc) is 2.78. The Morgan fingerprint density at radius 1 is 1.15 bits per heavy atom. The summed E-state index contributed by atoms with van der Waals surface area (Å²) >= 11 is 23.9. The molecular weight excluding hydrogens is 525 g/mol. The number of carbonyl (C=O) groups is 1. The number of hydrogen-bond acceptors (Lipinski definition) is 5. The lowest BCUT2D eigenvalue weighted by atomic mass is 9.83. The Bertz CT molecular complexity index is 1200. The summed E-state index contributed by atoms with van der Waals surface area (Å²) in [5, 5.41) is 16.8. The Morgan fingerprint density at radius 3 is 2.59 bits per heavy atom. The van der Waals surface area contributed by atoms with Crippen molar-refractivity contribution in [1.29, 1.82) is 0 Å². The van der Waals surface area contributed by atoms with Crippen molar-refractivity contribution >= 4 is 63.7 Å². The molecule has 2 aromatic rings. The third-order valence-corrected chi connectivity index (χ3v) is 6.99. The number of nitrogens with one attached hydrogen (secondary N) is 2. The number of amides is 1. The summed E-state index contributed by atoms with van der Waals surface area (Å²) in [6.07, 6.45) is -0.256. The van der Waals surface area contributed by atoms with Gasteiger partial charge in [0.1, 0.15) is 6.17 Å². The molecule has 1 saturated heterocycles. The summed E-state index contributed by atoms with van der Waals surface area (Å²) in [5.74, 6) is -0.331. The van der Waals surface area contributed by atoms with Crippen LogP contribution in [-0.4, -0.2) is 48.5 Å². The van der Waals surface area contributed by atoms with Gasteiger partial charge in [-0.1, -0.05) is 46.9 Å². The molecule has 0 radical (unpaired) electrons. The number of nitro groups is 1. The molecular formula is C21H20Cl3N5O4S. The lowest BCUT2D eigenvalue weighted by Gasteiger charge is -2.44. The number of carbonyl (C=O) groups excluding carboxylic acids is 1. The van der Waals surface area contributed by atoms with E-state index in [1.807, 2.05) is 15.5 Å². The van der Waals surface area contributed by atoms with Crippen LogP contribution in [0.4, 0.5) is 5.69 Å². The SMILES string of the molecule is O=C(NC(NC(=S)N1CC2CC(C1)c1cccc(=O)n1C2)C(Cl)(Cl)Cl)c1cccc([N+](=O)[O-])c1. The number of benzene rings is 1. The first kappa shape index (κ1) is 24.7. The Hall–Kier alpha value is -2.40. The number of pyridine rings is 1. The van der Waals surface area contributed by atoms with E-state index in [0.717, 1.165) is 18.2 Å². The van der Waals surface area contributed by atoms with Crippen molar-refractivity contribution in [1.82, 2.24) is 20.1 Å². The van der Waals surface area contributed by atoms with Gasteiger partial charge in [-0.3, -0.25) is 19.7 Å². The van der Waals surface area contributed by atoms with Crippen LogP contribution in [0.5, 0.6) is 0 Å². The van der Waals surface area contributed by atoms with Crippen LogP contribution >= 0.6 is 47.0 Å². The fourth-order valence-electron chi connectivity index (χ4n) is 4.45. The molecule has 2 aliphatic rings. The molecule has 4 rings (SSSR count). The molecule has 3 atom stereocenters.